The fourth-order valence-electron chi connectivity index (χ4n) is 4.09. The summed E-state index contributed by atoms with van der Waals surface area (Å²) in [6.07, 6.45) is 1.52. The van der Waals surface area contributed by atoms with E-state index in [0.717, 1.165) is 15.7 Å². The summed E-state index contributed by atoms with van der Waals surface area (Å²) in [7, 11) is 1.57. The van der Waals surface area contributed by atoms with Gasteiger partial charge >= 0.3 is 5.69 Å². The summed E-state index contributed by atoms with van der Waals surface area (Å²) in [4.78, 5) is 44.3. The van der Waals surface area contributed by atoms with Gasteiger partial charge < -0.3 is 14.6 Å². The fourth-order valence-corrected chi connectivity index (χ4v) is 4.09. The van der Waals surface area contributed by atoms with Gasteiger partial charge in [-0.1, -0.05) is 62.4 Å². The van der Waals surface area contributed by atoms with Crippen LogP contribution >= 0.6 is 0 Å². The molecule has 0 radical (unpaired) electrons. The van der Waals surface area contributed by atoms with Gasteiger partial charge in [0.2, 0.25) is 5.91 Å². The third kappa shape index (κ3) is 5.09. The zero-order chi connectivity index (χ0) is 24.9. The normalized spacial score (nSPS) is 11.3. The van der Waals surface area contributed by atoms with Crippen LogP contribution < -0.4 is 16.6 Å². The van der Waals surface area contributed by atoms with E-state index < -0.39 is 23.7 Å². The van der Waals surface area contributed by atoms with Crippen LogP contribution in [0.1, 0.15) is 30.9 Å². The van der Waals surface area contributed by atoms with Crippen LogP contribution in [0.15, 0.2) is 70.5 Å². The monoisotopic (exact) mass is 475 g/mol. The van der Waals surface area contributed by atoms with Gasteiger partial charge in [0.05, 0.1) is 19.5 Å². The van der Waals surface area contributed by atoms with E-state index in [-0.39, 0.29) is 23.6 Å². The molecule has 2 aromatic heterocycles. The first-order valence-corrected chi connectivity index (χ1v) is 11.5. The van der Waals surface area contributed by atoms with Gasteiger partial charge in [-0.25, -0.2) is 14.3 Å². The molecule has 0 unspecified atom stereocenters. The number of fused-ring (bicyclic) bond motifs is 1. The van der Waals surface area contributed by atoms with E-state index in [2.05, 4.69) is 10.3 Å². The van der Waals surface area contributed by atoms with Crippen molar-refractivity contribution >= 4 is 22.8 Å². The van der Waals surface area contributed by atoms with Crippen LogP contribution in [0.5, 0.6) is 0 Å². The van der Waals surface area contributed by atoms with Gasteiger partial charge in [0.25, 0.3) is 5.56 Å². The minimum absolute atomic E-state index is 0.198. The molecule has 0 spiro atoms. The van der Waals surface area contributed by atoms with Crippen molar-refractivity contribution in [1.82, 2.24) is 18.7 Å². The maximum absolute atomic E-state index is 13.5. The van der Waals surface area contributed by atoms with Gasteiger partial charge in [-0.3, -0.25) is 14.2 Å². The van der Waals surface area contributed by atoms with E-state index in [9.17, 15) is 14.4 Å². The lowest BCUT2D eigenvalue weighted by Gasteiger charge is -2.15. The number of anilines is 1. The van der Waals surface area contributed by atoms with Crippen molar-refractivity contribution in [3.8, 4) is 0 Å². The Morgan fingerprint density at radius 3 is 2.46 bits per heavy atom. The van der Waals surface area contributed by atoms with Crippen molar-refractivity contribution in [2.24, 2.45) is 0 Å². The quantitative estimate of drug-likeness (QED) is 0.401. The molecule has 0 bridgehead atoms. The molecule has 0 atom stereocenters. The number of imidazole rings is 1. The van der Waals surface area contributed by atoms with Gasteiger partial charge in [-0.05, 0) is 23.1 Å². The van der Waals surface area contributed by atoms with Gasteiger partial charge in [0.15, 0.2) is 11.2 Å². The van der Waals surface area contributed by atoms with Crippen molar-refractivity contribution in [3.05, 3.63) is 92.9 Å². The van der Waals surface area contributed by atoms with Gasteiger partial charge in [-0.15, -0.1) is 0 Å². The number of hydrogen-bond donors (Lipinski definition) is 1. The molecule has 2 heterocycles. The standard InChI is InChI=1S/C26H29N5O4/c1-18(2)20-11-7-8-12-21(20)28-22(32)16-31-25(33)23-24(27-17-29(23)13-14-35-3)30(26(31)34)15-19-9-5-4-6-10-19/h4-12,17-18H,13-16H2,1-3H3,(H,28,32). The minimum atomic E-state index is -0.587. The van der Waals surface area contributed by atoms with Gasteiger partial charge in [0.1, 0.15) is 6.54 Å². The van der Waals surface area contributed by atoms with E-state index in [1.165, 1.54) is 10.9 Å². The first-order valence-electron chi connectivity index (χ1n) is 11.5. The molecule has 0 fully saturated rings. The number of para-hydroxylation sites is 1. The number of carbonyl (C=O) groups excluding carboxylic acids is 1. The van der Waals surface area contributed by atoms with Crippen LogP contribution in [0.2, 0.25) is 0 Å². The number of rotatable bonds is 9. The second-order valence-corrected chi connectivity index (χ2v) is 8.64. The highest BCUT2D eigenvalue weighted by Gasteiger charge is 2.20. The fraction of sp³-hybridized carbons (Fsp3) is 0.308. The van der Waals surface area contributed by atoms with Crippen LogP contribution in [0.25, 0.3) is 11.2 Å². The Labute approximate surface area is 202 Å². The molecule has 4 rings (SSSR count). The van der Waals surface area contributed by atoms with Crippen LogP contribution in [0, 0.1) is 0 Å². The van der Waals surface area contributed by atoms with Crippen LogP contribution in [0.3, 0.4) is 0 Å². The number of nitrogens with zero attached hydrogens (tertiary/aromatic N) is 4. The number of methoxy groups -OCH3 is 1. The van der Waals surface area contributed by atoms with Crippen LogP contribution in [0.4, 0.5) is 5.69 Å². The third-order valence-corrected chi connectivity index (χ3v) is 5.86. The van der Waals surface area contributed by atoms with Gasteiger partial charge in [-0.2, -0.15) is 0 Å². The van der Waals surface area contributed by atoms with Crippen molar-refractivity contribution in [1.29, 1.82) is 0 Å². The van der Waals surface area contributed by atoms with Crippen LogP contribution in [-0.4, -0.2) is 38.3 Å². The maximum atomic E-state index is 13.5. The van der Waals surface area contributed by atoms with Crippen molar-refractivity contribution < 1.29 is 9.53 Å². The van der Waals surface area contributed by atoms with Crippen molar-refractivity contribution in [2.45, 2.75) is 39.4 Å². The number of aromatic nitrogens is 4. The first kappa shape index (κ1) is 24.2. The summed E-state index contributed by atoms with van der Waals surface area (Å²) < 4.78 is 9.22. The lowest BCUT2D eigenvalue weighted by atomic mass is 10.0. The summed E-state index contributed by atoms with van der Waals surface area (Å²) in [5.41, 5.74) is 1.91. The molecule has 35 heavy (non-hydrogen) atoms. The molecule has 0 aliphatic carbocycles. The SMILES string of the molecule is COCCn1cnc2c1c(=O)n(CC(=O)Nc1ccccc1C(C)C)c(=O)n2Cc1ccccc1. The Kier molecular flexibility index (Phi) is 7.26. The average Bonchev–Trinajstić information content (AvgIpc) is 3.28. The number of hydrogen-bond acceptors (Lipinski definition) is 5. The molecule has 2 aromatic carbocycles. The third-order valence-electron chi connectivity index (χ3n) is 5.86. The number of amides is 1. The number of benzene rings is 2. The molecular weight excluding hydrogens is 446 g/mol. The van der Waals surface area contributed by atoms with Gasteiger partial charge in [0, 0.05) is 19.3 Å². The largest absolute Gasteiger partial charge is 0.383 e. The topological polar surface area (TPSA) is 100 Å². The molecule has 4 aromatic rings. The number of carbonyl (C=O) groups is 1. The first-order chi connectivity index (χ1) is 16.9. The lowest BCUT2D eigenvalue weighted by molar-refractivity contribution is -0.116. The Morgan fingerprint density at radius 1 is 1.03 bits per heavy atom. The molecule has 0 saturated heterocycles. The zero-order valence-corrected chi connectivity index (χ0v) is 20.1. The lowest BCUT2D eigenvalue weighted by Crippen LogP contribution is -2.43. The Bertz CT molecular complexity index is 1450. The van der Waals surface area contributed by atoms with E-state index in [1.54, 1.807) is 11.7 Å². The van der Waals surface area contributed by atoms with Crippen LogP contribution in [-0.2, 0) is 29.2 Å². The van der Waals surface area contributed by atoms with E-state index in [4.69, 9.17) is 4.74 Å². The summed E-state index contributed by atoms with van der Waals surface area (Å²) >= 11 is 0. The molecule has 1 N–H and O–H groups in total. The van der Waals surface area contributed by atoms with E-state index in [1.807, 2.05) is 68.4 Å². The highest BCUT2D eigenvalue weighted by Crippen LogP contribution is 2.23. The number of nitrogens with one attached hydrogen (secondary N) is 1. The second-order valence-electron chi connectivity index (χ2n) is 8.64. The van der Waals surface area contributed by atoms with E-state index in [0.29, 0.717) is 18.8 Å². The highest BCUT2D eigenvalue weighted by molar-refractivity contribution is 5.91. The summed E-state index contributed by atoms with van der Waals surface area (Å²) in [5.74, 6) is -0.255. The summed E-state index contributed by atoms with van der Waals surface area (Å²) in [6.45, 7) is 4.63. The average molecular weight is 476 g/mol. The Hall–Kier alpha value is -3.98. The molecule has 0 aliphatic rings. The smallest absolute Gasteiger partial charge is 0.333 e. The maximum Gasteiger partial charge on any atom is 0.333 e. The molecular formula is C26H29N5O4. The summed E-state index contributed by atoms with van der Waals surface area (Å²) in [5, 5.41) is 2.87. The predicted molar refractivity (Wildman–Crippen MR) is 135 cm³/mol. The Balaban J connectivity index is 1.77. The Morgan fingerprint density at radius 2 is 1.74 bits per heavy atom. The molecule has 9 heteroatoms. The molecule has 9 nitrogen and oxygen atoms in total. The second kappa shape index (κ2) is 10.5. The molecule has 1 amide bonds. The van der Waals surface area contributed by atoms with E-state index >= 15 is 0 Å². The zero-order valence-electron chi connectivity index (χ0n) is 20.1. The molecule has 0 aliphatic heterocycles. The summed E-state index contributed by atoms with van der Waals surface area (Å²) in [6, 6.07) is 16.9. The molecule has 0 saturated carbocycles. The van der Waals surface area contributed by atoms with Crippen molar-refractivity contribution in [3.63, 3.8) is 0 Å². The number of ether oxygens (including phenoxy) is 1. The molecule has 182 valence electrons. The highest BCUT2D eigenvalue weighted by atomic mass is 16.5. The van der Waals surface area contributed by atoms with Crippen molar-refractivity contribution in [2.75, 3.05) is 19.0 Å². The predicted octanol–water partition coefficient (Wildman–Crippen LogP) is 2.82. The minimum Gasteiger partial charge on any atom is -0.383 e.